The first kappa shape index (κ1) is 21.9. The summed E-state index contributed by atoms with van der Waals surface area (Å²) in [5.41, 5.74) is 5.13. The maximum Gasteiger partial charge on any atom is 0.123 e. The van der Waals surface area contributed by atoms with Crippen molar-refractivity contribution in [2.24, 2.45) is 5.92 Å². The highest BCUT2D eigenvalue weighted by Gasteiger charge is 2.46. The lowest BCUT2D eigenvalue weighted by atomic mass is 9.70. The Balaban J connectivity index is 1.49. The number of fused-ring (bicyclic) bond motifs is 3. The summed E-state index contributed by atoms with van der Waals surface area (Å²) in [6.07, 6.45) is 4.45. The summed E-state index contributed by atoms with van der Waals surface area (Å²) in [6, 6.07) is 29.3. The van der Waals surface area contributed by atoms with Gasteiger partial charge in [0.15, 0.2) is 0 Å². The SMILES string of the molecule is C=Cc1ccc(OC)c(CNC2C3CCN(CC3)C2C(c2ccccc2)c2ccccc2)c1. The van der Waals surface area contributed by atoms with E-state index >= 15 is 0 Å². The van der Waals surface area contributed by atoms with Crippen molar-refractivity contribution in [1.29, 1.82) is 0 Å². The molecule has 6 rings (SSSR count). The van der Waals surface area contributed by atoms with Gasteiger partial charge in [0.05, 0.1) is 7.11 Å². The Morgan fingerprint density at radius 2 is 1.61 bits per heavy atom. The van der Waals surface area contributed by atoms with Crippen LogP contribution in [0, 0.1) is 5.92 Å². The number of methoxy groups -OCH3 is 1. The van der Waals surface area contributed by atoms with E-state index in [1.54, 1.807) is 7.11 Å². The zero-order chi connectivity index (χ0) is 22.6. The van der Waals surface area contributed by atoms with Gasteiger partial charge < -0.3 is 10.1 Å². The monoisotopic (exact) mass is 438 g/mol. The third-order valence-electron chi connectivity index (χ3n) is 7.60. The van der Waals surface area contributed by atoms with E-state index in [2.05, 4.69) is 95.7 Å². The van der Waals surface area contributed by atoms with Crippen molar-refractivity contribution >= 4 is 6.08 Å². The normalized spacial score (nSPS) is 24.1. The number of nitrogens with one attached hydrogen (secondary N) is 1. The predicted molar refractivity (Wildman–Crippen MR) is 137 cm³/mol. The van der Waals surface area contributed by atoms with Crippen LogP contribution in [-0.4, -0.2) is 37.2 Å². The molecule has 3 aliphatic heterocycles. The molecule has 3 aromatic rings. The molecule has 3 saturated heterocycles. The number of rotatable bonds is 8. The fourth-order valence-corrected chi connectivity index (χ4v) is 5.99. The zero-order valence-electron chi connectivity index (χ0n) is 19.5. The Kier molecular flexibility index (Phi) is 6.61. The van der Waals surface area contributed by atoms with E-state index < -0.39 is 0 Å². The van der Waals surface area contributed by atoms with Gasteiger partial charge in [-0.3, -0.25) is 4.90 Å². The van der Waals surface area contributed by atoms with Crippen molar-refractivity contribution in [2.75, 3.05) is 20.2 Å². The second kappa shape index (κ2) is 9.94. The topological polar surface area (TPSA) is 24.5 Å². The molecule has 0 saturated carbocycles. The van der Waals surface area contributed by atoms with Crippen LogP contribution >= 0.6 is 0 Å². The van der Waals surface area contributed by atoms with Gasteiger partial charge in [0.2, 0.25) is 0 Å². The number of piperidine rings is 3. The van der Waals surface area contributed by atoms with Crippen LogP contribution in [0.5, 0.6) is 5.75 Å². The predicted octanol–water partition coefficient (Wildman–Crippen LogP) is 5.72. The van der Waals surface area contributed by atoms with E-state index in [-0.39, 0.29) is 0 Å². The highest BCUT2D eigenvalue weighted by molar-refractivity contribution is 5.51. The fraction of sp³-hybridized carbons (Fsp3) is 0.333. The van der Waals surface area contributed by atoms with E-state index in [0.29, 0.717) is 23.9 Å². The molecule has 0 radical (unpaired) electrons. The molecule has 3 heterocycles. The first-order valence-corrected chi connectivity index (χ1v) is 12.1. The van der Waals surface area contributed by atoms with Gasteiger partial charge in [0.1, 0.15) is 5.75 Å². The first-order valence-electron chi connectivity index (χ1n) is 12.1. The minimum atomic E-state index is 0.342. The maximum absolute atomic E-state index is 5.67. The molecule has 33 heavy (non-hydrogen) atoms. The van der Waals surface area contributed by atoms with E-state index in [0.717, 1.165) is 17.9 Å². The largest absolute Gasteiger partial charge is 0.496 e. The molecule has 2 bridgehead atoms. The average molecular weight is 439 g/mol. The molecule has 1 N–H and O–H groups in total. The van der Waals surface area contributed by atoms with Crippen LogP contribution in [0.3, 0.4) is 0 Å². The van der Waals surface area contributed by atoms with Crippen molar-refractivity contribution in [3.05, 3.63) is 108 Å². The summed E-state index contributed by atoms with van der Waals surface area (Å²) in [7, 11) is 1.75. The standard InChI is InChI=1S/C30H34N2O/c1-3-22-14-15-27(33-2)26(20-22)21-31-29-25-16-18-32(19-17-25)30(29)28(23-10-6-4-7-11-23)24-12-8-5-9-13-24/h3-15,20,25,28-31H,1,16-19,21H2,2H3. The van der Waals surface area contributed by atoms with Gasteiger partial charge in [-0.05, 0) is 60.7 Å². The Bertz CT molecular complexity index is 1020. The quantitative estimate of drug-likeness (QED) is 0.487. The Labute approximate surface area is 198 Å². The summed E-state index contributed by atoms with van der Waals surface area (Å²) in [5.74, 6) is 1.98. The molecule has 0 aromatic heterocycles. The molecular weight excluding hydrogens is 404 g/mol. The van der Waals surface area contributed by atoms with E-state index in [1.165, 1.54) is 42.6 Å². The van der Waals surface area contributed by atoms with Gasteiger partial charge >= 0.3 is 0 Å². The van der Waals surface area contributed by atoms with Gasteiger partial charge in [0, 0.05) is 30.1 Å². The maximum atomic E-state index is 5.67. The number of ether oxygens (including phenoxy) is 1. The van der Waals surface area contributed by atoms with Crippen LogP contribution in [0.15, 0.2) is 85.4 Å². The van der Waals surface area contributed by atoms with Crippen LogP contribution < -0.4 is 10.1 Å². The number of nitrogens with zero attached hydrogens (tertiary/aromatic N) is 1. The minimum absolute atomic E-state index is 0.342. The first-order chi connectivity index (χ1) is 16.3. The molecule has 0 spiro atoms. The number of hydrogen-bond acceptors (Lipinski definition) is 3. The lowest BCUT2D eigenvalue weighted by Gasteiger charge is -2.54. The molecule has 0 amide bonds. The van der Waals surface area contributed by atoms with Gasteiger partial charge in [-0.25, -0.2) is 0 Å². The Hall–Kier alpha value is -2.88. The van der Waals surface area contributed by atoms with E-state index in [9.17, 15) is 0 Å². The molecule has 3 aromatic carbocycles. The van der Waals surface area contributed by atoms with Gasteiger partial charge in [-0.15, -0.1) is 0 Å². The lowest BCUT2D eigenvalue weighted by Crippen LogP contribution is -2.64. The molecule has 3 fully saturated rings. The zero-order valence-corrected chi connectivity index (χ0v) is 19.5. The molecule has 3 aliphatic rings. The van der Waals surface area contributed by atoms with E-state index in [4.69, 9.17) is 4.74 Å². The molecular formula is C30H34N2O. The lowest BCUT2D eigenvalue weighted by molar-refractivity contribution is 0.00462. The van der Waals surface area contributed by atoms with Gasteiger partial charge in [-0.1, -0.05) is 79.4 Å². The van der Waals surface area contributed by atoms with Crippen molar-refractivity contribution in [3.63, 3.8) is 0 Å². The van der Waals surface area contributed by atoms with E-state index in [1.807, 2.05) is 6.08 Å². The second-order valence-corrected chi connectivity index (χ2v) is 9.35. The molecule has 2 atom stereocenters. The Morgan fingerprint density at radius 1 is 0.970 bits per heavy atom. The molecule has 3 nitrogen and oxygen atoms in total. The van der Waals surface area contributed by atoms with Crippen LogP contribution in [0.25, 0.3) is 6.08 Å². The van der Waals surface area contributed by atoms with Gasteiger partial charge in [-0.2, -0.15) is 0 Å². The number of benzene rings is 3. The summed E-state index contributed by atoms with van der Waals surface area (Å²) >= 11 is 0. The van der Waals surface area contributed by atoms with Crippen LogP contribution in [0.4, 0.5) is 0 Å². The highest BCUT2D eigenvalue weighted by Crippen LogP contribution is 2.42. The summed E-state index contributed by atoms with van der Waals surface area (Å²) in [5, 5.41) is 4.01. The third-order valence-corrected chi connectivity index (χ3v) is 7.60. The molecule has 2 unspecified atom stereocenters. The van der Waals surface area contributed by atoms with Gasteiger partial charge in [0.25, 0.3) is 0 Å². The summed E-state index contributed by atoms with van der Waals surface area (Å²) in [4.78, 5) is 2.74. The van der Waals surface area contributed by atoms with Crippen molar-refractivity contribution in [1.82, 2.24) is 10.2 Å². The van der Waals surface area contributed by atoms with Crippen molar-refractivity contribution < 1.29 is 4.74 Å². The average Bonchev–Trinajstić information content (AvgIpc) is 2.90. The summed E-state index contributed by atoms with van der Waals surface area (Å²) < 4.78 is 5.67. The van der Waals surface area contributed by atoms with Crippen LogP contribution in [-0.2, 0) is 6.54 Å². The van der Waals surface area contributed by atoms with Crippen molar-refractivity contribution in [2.45, 2.75) is 37.4 Å². The molecule has 170 valence electrons. The number of hydrogen-bond donors (Lipinski definition) is 1. The molecule has 0 aliphatic carbocycles. The van der Waals surface area contributed by atoms with Crippen LogP contribution in [0.2, 0.25) is 0 Å². The second-order valence-electron chi connectivity index (χ2n) is 9.35. The molecule has 3 heteroatoms. The third kappa shape index (κ3) is 4.48. The Morgan fingerprint density at radius 3 is 2.18 bits per heavy atom. The minimum Gasteiger partial charge on any atom is -0.496 e. The fourth-order valence-electron chi connectivity index (χ4n) is 5.99. The smallest absolute Gasteiger partial charge is 0.123 e. The van der Waals surface area contributed by atoms with Crippen LogP contribution in [0.1, 0.15) is 41.0 Å². The highest BCUT2D eigenvalue weighted by atomic mass is 16.5. The summed E-state index contributed by atoms with van der Waals surface area (Å²) in [6.45, 7) is 7.13. The van der Waals surface area contributed by atoms with Crippen molar-refractivity contribution in [3.8, 4) is 5.75 Å².